The predicted molar refractivity (Wildman–Crippen MR) is 279 cm³/mol. The van der Waals surface area contributed by atoms with Crippen LogP contribution in [0, 0.1) is 0 Å². The molecule has 17 rings (SSSR count). The first-order valence-corrected chi connectivity index (χ1v) is 24.0. The minimum absolute atomic E-state index is 0.647. The molecule has 302 valence electrons. The summed E-state index contributed by atoms with van der Waals surface area (Å²) < 4.78 is 10.3. The van der Waals surface area contributed by atoms with Crippen molar-refractivity contribution in [1.82, 2.24) is 23.9 Å². The van der Waals surface area contributed by atoms with Crippen LogP contribution in [0.15, 0.2) is 176 Å². The molecule has 66 heavy (non-hydrogen) atoms. The van der Waals surface area contributed by atoms with Gasteiger partial charge in [0.05, 0.1) is 33.3 Å². The van der Waals surface area contributed by atoms with Crippen molar-refractivity contribution in [3.63, 3.8) is 0 Å². The summed E-state index contributed by atoms with van der Waals surface area (Å²) in [5.41, 5.74) is 10.5. The minimum atomic E-state index is 0.647. The standard InChI is InChI=1S/C59H29N5S2/c1-2-11-32-30(9-1)10-7-17-41(32)58-60-57(31-19-20-36-35-14-5-6-18-46(35)65-49(36)29-31)61-59(62-58)42-22-24-43(34-13-4-3-12-33(34)42)63-44-26-28-47-52-50(44)51-45(63)25-21-39-37-15-8-16-38-40-23-27-48(66-47)53(52)56(40)64(54(37)38)55(39)51/h1-29H. The second kappa shape index (κ2) is 11.9. The molecule has 0 atom stereocenters. The van der Waals surface area contributed by atoms with Crippen molar-refractivity contribution in [1.29, 1.82) is 0 Å². The average Bonchev–Trinajstić information content (AvgIpc) is 4.16. The van der Waals surface area contributed by atoms with Gasteiger partial charge in [-0.1, -0.05) is 127 Å². The fourth-order valence-corrected chi connectivity index (χ4v) is 14.2. The van der Waals surface area contributed by atoms with E-state index in [1.165, 1.54) is 100 Å². The van der Waals surface area contributed by atoms with E-state index in [4.69, 9.17) is 15.0 Å². The summed E-state index contributed by atoms with van der Waals surface area (Å²) in [6.45, 7) is 0. The lowest BCUT2D eigenvalue weighted by atomic mass is 10.0. The van der Waals surface area contributed by atoms with E-state index < -0.39 is 0 Å². The van der Waals surface area contributed by atoms with E-state index in [9.17, 15) is 0 Å². The molecule has 5 nitrogen and oxygen atoms in total. The summed E-state index contributed by atoms with van der Waals surface area (Å²) in [6.07, 6.45) is 0. The quantitative estimate of drug-likeness (QED) is 0.177. The van der Waals surface area contributed by atoms with Gasteiger partial charge in [-0.05, 0) is 64.7 Å². The Hall–Kier alpha value is -8.23. The lowest BCUT2D eigenvalue weighted by Crippen LogP contribution is -2.02. The molecular weight excluding hydrogens is 843 g/mol. The number of para-hydroxylation sites is 1. The summed E-state index contributed by atoms with van der Waals surface area (Å²) in [6, 6.07) is 64.5. The van der Waals surface area contributed by atoms with Crippen LogP contribution in [-0.4, -0.2) is 23.9 Å². The molecule has 17 aromatic rings. The maximum atomic E-state index is 5.38. The molecule has 0 aliphatic heterocycles. The Labute approximate surface area is 382 Å². The number of hydrogen-bond acceptors (Lipinski definition) is 5. The number of aromatic nitrogens is 5. The van der Waals surface area contributed by atoms with Gasteiger partial charge in [0, 0.05) is 94.7 Å². The summed E-state index contributed by atoms with van der Waals surface area (Å²) in [7, 11) is 0. The summed E-state index contributed by atoms with van der Waals surface area (Å²) >= 11 is 3.72. The number of fused-ring (bicyclic) bond motifs is 7. The van der Waals surface area contributed by atoms with Crippen LogP contribution >= 0.6 is 22.7 Å². The first-order valence-electron chi connectivity index (χ1n) is 22.4. The van der Waals surface area contributed by atoms with E-state index in [0.717, 1.165) is 43.9 Å². The Kier molecular flexibility index (Phi) is 6.17. The molecule has 0 spiro atoms. The van der Waals surface area contributed by atoms with E-state index >= 15 is 0 Å². The van der Waals surface area contributed by atoms with Crippen LogP contribution in [0.5, 0.6) is 0 Å². The third-order valence-corrected chi connectivity index (χ3v) is 16.9. The van der Waals surface area contributed by atoms with Gasteiger partial charge in [0.1, 0.15) is 0 Å². The van der Waals surface area contributed by atoms with Crippen molar-refractivity contribution in [3.05, 3.63) is 176 Å². The molecule has 0 amide bonds. The van der Waals surface area contributed by atoms with Crippen LogP contribution in [0.4, 0.5) is 0 Å². The molecule has 0 saturated heterocycles. The lowest BCUT2D eigenvalue weighted by molar-refractivity contribution is 1.08. The Bertz CT molecular complexity index is 4890. The summed E-state index contributed by atoms with van der Waals surface area (Å²) in [5.74, 6) is 1.96. The van der Waals surface area contributed by atoms with Crippen LogP contribution < -0.4 is 0 Å². The van der Waals surface area contributed by atoms with Gasteiger partial charge in [-0.3, -0.25) is 0 Å². The van der Waals surface area contributed by atoms with Crippen LogP contribution in [0.25, 0.3) is 162 Å². The van der Waals surface area contributed by atoms with Crippen molar-refractivity contribution in [3.8, 4) is 39.9 Å². The zero-order chi connectivity index (χ0) is 42.5. The highest BCUT2D eigenvalue weighted by atomic mass is 32.1. The van der Waals surface area contributed by atoms with Crippen molar-refractivity contribution in [2.75, 3.05) is 0 Å². The topological polar surface area (TPSA) is 48.0 Å². The van der Waals surface area contributed by atoms with Crippen LogP contribution in [-0.2, 0) is 0 Å². The Morgan fingerprint density at radius 3 is 1.79 bits per heavy atom. The first-order chi connectivity index (χ1) is 32.7. The van der Waals surface area contributed by atoms with Gasteiger partial charge >= 0.3 is 0 Å². The van der Waals surface area contributed by atoms with Crippen molar-refractivity contribution < 1.29 is 0 Å². The van der Waals surface area contributed by atoms with E-state index in [1.807, 2.05) is 22.7 Å². The van der Waals surface area contributed by atoms with E-state index in [2.05, 4.69) is 185 Å². The zero-order valence-corrected chi connectivity index (χ0v) is 36.4. The highest BCUT2D eigenvalue weighted by Crippen LogP contribution is 2.53. The molecule has 7 aromatic heterocycles. The molecular formula is C59H29N5S2. The molecule has 0 bridgehead atoms. The number of thiophene rings is 2. The molecule has 7 heteroatoms. The van der Waals surface area contributed by atoms with Crippen LogP contribution in [0.1, 0.15) is 0 Å². The van der Waals surface area contributed by atoms with Gasteiger partial charge in [-0.25, -0.2) is 15.0 Å². The van der Waals surface area contributed by atoms with Gasteiger partial charge in [-0.2, -0.15) is 0 Å². The van der Waals surface area contributed by atoms with E-state index in [-0.39, 0.29) is 0 Å². The number of nitrogens with zero attached hydrogens (tertiary/aromatic N) is 5. The van der Waals surface area contributed by atoms with Gasteiger partial charge in [0.15, 0.2) is 17.5 Å². The highest BCUT2D eigenvalue weighted by molar-refractivity contribution is 7.26. The van der Waals surface area contributed by atoms with Crippen molar-refractivity contribution >= 4 is 144 Å². The Morgan fingerprint density at radius 2 is 0.909 bits per heavy atom. The molecule has 0 N–H and O–H groups in total. The first kappa shape index (κ1) is 34.2. The second-order valence-electron chi connectivity index (χ2n) is 17.8. The SMILES string of the molecule is c1ccc2c(-c3nc(-c4ccc5c(c4)sc4ccccc45)nc(-c4ccc(-n5c6ccc7sc8ccc9c%10cccc%11c%12ccc5c5c6c7c8c9n(c%10%11)c%125)c5ccccc45)n3)cccc2c1. The predicted octanol–water partition coefficient (Wildman–Crippen LogP) is 16.5. The number of benzene rings is 10. The van der Waals surface area contributed by atoms with E-state index in [0.29, 0.717) is 17.5 Å². The third kappa shape index (κ3) is 4.11. The molecule has 0 fully saturated rings. The molecule has 0 radical (unpaired) electrons. The second-order valence-corrected chi connectivity index (χ2v) is 20.0. The normalized spacial score (nSPS) is 12.8. The highest BCUT2D eigenvalue weighted by Gasteiger charge is 2.29. The van der Waals surface area contributed by atoms with Crippen LogP contribution in [0.3, 0.4) is 0 Å². The van der Waals surface area contributed by atoms with Gasteiger partial charge < -0.3 is 8.97 Å². The Morgan fingerprint density at radius 1 is 0.333 bits per heavy atom. The Balaban J connectivity index is 0.943. The fourth-order valence-electron chi connectivity index (χ4n) is 11.9. The maximum absolute atomic E-state index is 5.38. The largest absolute Gasteiger partial charge is 0.309 e. The monoisotopic (exact) mass is 871 g/mol. The number of hydrogen-bond donors (Lipinski definition) is 0. The summed E-state index contributed by atoms with van der Waals surface area (Å²) in [5, 5.41) is 17.7. The van der Waals surface area contributed by atoms with E-state index in [1.54, 1.807) is 0 Å². The molecule has 0 aliphatic carbocycles. The lowest BCUT2D eigenvalue weighted by Gasteiger charge is -2.15. The van der Waals surface area contributed by atoms with Gasteiger partial charge in [0.25, 0.3) is 0 Å². The van der Waals surface area contributed by atoms with Gasteiger partial charge in [0.2, 0.25) is 0 Å². The fraction of sp³-hybridized carbons (Fsp3) is 0. The molecule has 7 heterocycles. The average molecular weight is 872 g/mol. The van der Waals surface area contributed by atoms with Crippen molar-refractivity contribution in [2.45, 2.75) is 0 Å². The number of rotatable bonds is 4. The smallest absolute Gasteiger partial charge is 0.164 e. The van der Waals surface area contributed by atoms with Gasteiger partial charge in [-0.15, -0.1) is 22.7 Å². The minimum Gasteiger partial charge on any atom is -0.309 e. The maximum Gasteiger partial charge on any atom is 0.164 e. The van der Waals surface area contributed by atoms with Crippen molar-refractivity contribution in [2.24, 2.45) is 0 Å². The van der Waals surface area contributed by atoms with Crippen LogP contribution in [0.2, 0.25) is 0 Å². The molecule has 0 aliphatic rings. The molecule has 0 unspecified atom stereocenters. The third-order valence-electron chi connectivity index (χ3n) is 14.6. The zero-order valence-electron chi connectivity index (χ0n) is 34.8. The molecule has 10 aromatic carbocycles. The summed E-state index contributed by atoms with van der Waals surface area (Å²) in [4.78, 5) is 16.0. The molecule has 0 saturated carbocycles.